The van der Waals surface area contributed by atoms with Crippen molar-refractivity contribution in [3.05, 3.63) is 47.0 Å². The summed E-state index contributed by atoms with van der Waals surface area (Å²) >= 11 is 5.88. The van der Waals surface area contributed by atoms with Crippen LogP contribution in [0.2, 0.25) is 5.02 Å². The van der Waals surface area contributed by atoms with E-state index >= 15 is 0 Å². The van der Waals surface area contributed by atoms with Crippen LogP contribution in [0, 0.1) is 5.92 Å². The topological polar surface area (TPSA) is 80.0 Å². The van der Waals surface area contributed by atoms with E-state index in [0.717, 1.165) is 5.56 Å². The lowest BCUT2D eigenvalue weighted by atomic mass is 9.75. The summed E-state index contributed by atoms with van der Waals surface area (Å²) in [5.41, 5.74) is 1.35. The highest BCUT2D eigenvalue weighted by Gasteiger charge is 2.36. The summed E-state index contributed by atoms with van der Waals surface area (Å²) in [6, 6.07) is 1.41. The zero-order chi connectivity index (χ0) is 15.7. The number of aliphatic hydroxyl groups excluding tert-OH is 1. The van der Waals surface area contributed by atoms with E-state index in [9.17, 15) is 9.90 Å². The van der Waals surface area contributed by atoms with Crippen LogP contribution in [0.4, 0.5) is 0 Å². The molecule has 2 aromatic heterocycles. The third-order valence-electron chi connectivity index (χ3n) is 3.96. The molecule has 0 aliphatic heterocycles. The van der Waals surface area contributed by atoms with E-state index < -0.39 is 0 Å². The highest BCUT2D eigenvalue weighted by molar-refractivity contribution is 6.30. The van der Waals surface area contributed by atoms with Crippen molar-refractivity contribution in [2.45, 2.75) is 25.0 Å². The minimum atomic E-state index is -0.283. The van der Waals surface area contributed by atoms with Crippen molar-refractivity contribution in [3.8, 4) is 0 Å². The Hall–Kier alpha value is -1.92. The molecule has 6 nitrogen and oxygen atoms in total. The lowest BCUT2D eigenvalue weighted by molar-refractivity contribution is 0.0235. The number of pyridine rings is 1. The maximum atomic E-state index is 12.4. The molecule has 1 atom stereocenters. The van der Waals surface area contributed by atoms with Crippen molar-refractivity contribution in [3.63, 3.8) is 0 Å². The standard InChI is InChI=1S/C15H17ClN4O2/c1-20-8-11(6-18-20)14(9-3-13(21)4-9)19-15(22)10-2-12(16)7-17-5-10/h2,5-9,13-14,21H,3-4H2,1H3,(H,19,22)/t9?,13?,14-/m1/s1. The second-order valence-corrected chi connectivity index (χ2v) is 6.11. The molecule has 2 N–H and O–H groups in total. The molecule has 0 radical (unpaired) electrons. The smallest absolute Gasteiger partial charge is 0.253 e. The summed E-state index contributed by atoms with van der Waals surface area (Å²) in [5, 5.41) is 17.1. The van der Waals surface area contributed by atoms with Crippen LogP contribution in [0.3, 0.4) is 0 Å². The summed E-state index contributed by atoms with van der Waals surface area (Å²) in [6.07, 6.45) is 7.66. The number of hydrogen-bond acceptors (Lipinski definition) is 4. The van der Waals surface area contributed by atoms with Crippen LogP contribution in [0.15, 0.2) is 30.9 Å². The third-order valence-corrected chi connectivity index (χ3v) is 4.17. The maximum absolute atomic E-state index is 12.4. The normalized spacial score (nSPS) is 22.0. The number of aromatic nitrogens is 3. The van der Waals surface area contributed by atoms with Gasteiger partial charge in [0.05, 0.1) is 28.9 Å². The number of aryl methyl sites for hydroxylation is 1. The fraction of sp³-hybridized carbons (Fsp3) is 0.400. The molecule has 2 heterocycles. The van der Waals surface area contributed by atoms with Gasteiger partial charge in [-0.05, 0) is 24.8 Å². The second-order valence-electron chi connectivity index (χ2n) is 5.68. The summed E-state index contributed by atoms with van der Waals surface area (Å²) in [6.45, 7) is 0. The van der Waals surface area contributed by atoms with Crippen LogP contribution in [0.1, 0.15) is 34.8 Å². The number of amides is 1. The zero-order valence-electron chi connectivity index (χ0n) is 12.1. The highest BCUT2D eigenvalue weighted by atomic mass is 35.5. The van der Waals surface area contributed by atoms with Crippen molar-refractivity contribution >= 4 is 17.5 Å². The van der Waals surface area contributed by atoms with Crippen LogP contribution in [-0.4, -0.2) is 31.9 Å². The Morgan fingerprint density at radius 2 is 2.23 bits per heavy atom. The predicted octanol–water partition coefficient (Wildman–Crippen LogP) is 1.71. The molecule has 0 aromatic carbocycles. The molecule has 0 saturated heterocycles. The number of hydrogen-bond donors (Lipinski definition) is 2. The largest absolute Gasteiger partial charge is 0.393 e. The van der Waals surface area contributed by atoms with E-state index in [1.54, 1.807) is 16.9 Å². The van der Waals surface area contributed by atoms with E-state index in [1.807, 2.05) is 13.2 Å². The average Bonchev–Trinajstić information content (AvgIpc) is 2.88. The first-order chi connectivity index (χ1) is 10.5. The molecule has 1 saturated carbocycles. The fourth-order valence-electron chi connectivity index (χ4n) is 2.74. The number of rotatable bonds is 4. The molecule has 2 aromatic rings. The summed E-state index contributed by atoms with van der Waals surface area (Å²) in [4.78, 5) is 16.3. The number of aliphatic hydroxyl groups is 1. The molecule has 1 amide bonds. The van der Waals surface area contributed by atoms with Crippen molar-refractivity contribution in [2.75, 3.05) is 0 Å². The molecule has 3 rings (SSSR count). The van der Waals surface area contributed by atoms with E-state index in [1.165, 1.54) is 12.4 Å². The molecule has 7 heteroatoms. The molecule has 0 spiro atoms. The number of carbonyl (C=O) groups is 1. The molecule has 1 fully saturated rings. The molecule has 22 heavy (non-hydrogen) atoms. The van der Waals surface area contributed by atoms with Gasteiger partial charge in [-0.15, -0.1) is 0 Å². The number of carbonyl (C=O) groups excluding carboxylic acids is 1. The van der Waals surface area contributed by atoms with Crippen molar-refractivity contribution < 1.29 is 9.90 Å². The lowest BCUT2D eigenvalue weighted by Gasteiger charge is -2.37. The molecule has 0 unspecified atom stereocenters. The van der Waals surface area contributed by atoms with E-state index in [0.29, 0.717) is 23.4 Å². The van der Waals surface area contributed by atoms with Gasteiger partial charge in [-0.2, -0.15) is 5.10 Å². The van der Waals surface area contributed by atoms with Gasteiger partial charge in [0.2, 0.25) is 0 Å². The Labute approximate surface area is 133 Å². The van der Waals surface area contributed by atoms with Crippen molar-refractivity contribution in [2.24, 2.45) is 13.0 Å². The fourth-order valence-corrected chi connectivity index (χ4v) is 2.91. The molecule has 1 aliphatic rings. The van der Waals surface area contributed by atoms with E-state index in [-0.39, 0.29) is 24.0 Å². The lowest BCUT2D eigenvalue weighted by Crippen LogP contribution is -2.41. The van der Waals surface area contributed by atoms with Gasteiger partial charge in [-0.3, -0.25) is 14.5 Å². The first-order valence-corrected chi connectivity index (χ1v) is 7.49. The van der Waals surface area contributed by atoms with Gasteiger partial charge in [-0.25, -0.2) is 0 Å². The SMILES string of the molecule is Cn1cc([C@H](NC(=O)c2cncc(Cl)c2)C2CC(O)C2)cn1. The predicted molar refractivity (Wildman–Crippen MR) is 81.4 cm³/mol. The van der Waals surface area contributed by atoms with Crippen molar-refractivity contribution in [1.29, 1.82) is 0 Å². The highest BCUT2D eigenvalue weighted by Crippen LogP contribution is 2.38. The summed E-state index contributed by atoms with van der Waals surface area (Å²) in [5.74, 6) is -0.0273. The number of halogens is 1. The summed E-state index contributed by atoms with van der Waals surface area (Å²) in [7, 11) is 1.83. The van der Waals surface area contributed by atoms with Gasteiger partial charge in [-0.1, -0.05) is 11.6 Å². The van der Waals surface area contributed by atoms with Gasteiger partial charge in [0.1, 0.15) is 0 Å². The second kappa shape index (κ2) is 6.06. The Balaban J connectivity index is 1.79. The maximum Gasteiger partial charge on any atom is 0.253 e. The molecule has 116 valence electrons. The number of nitrogens with one attached hydrogen (secondary N) is 1. The first-order valence-electron chi connectivity index (χ1n) is 7.11. The van der Waals surface area contributed by atoms with E-state index in [2.05, 4.69) is 15.4 Å². The minimum Gasteiger partial charge on any atom is -0.393 e. The van der Waals surface area contributed by atoms with Crippen LogP contribution < -0.4 is 5.32 Å². The Morgan fingerprint density at radius 1 is 1.45 bits per heavy atom. The molecule has 1 aliphatic carbocycles. The van der Waals surface area contributed by atoms with Gasteiger partial charge < -0.3 is 10.4 Å². The van der Waals surface area contributed by atoms with Crippen LogP contribution >= 0.6 is 11.6 Å². The Kier molecular flexibility index (Phi) is 4.13. The molecular weight excluding hydrogens is 304 g/mol. The third kappa shape index (κ3) is 3.13. The van der Waals surface area contributed by atoms with Crippen LogP contribution in [0.25, 0.3) is 0 Å². The Morgan fingerprint density at radius 3 is 2.82 bits per heavy atom. The first kappa shape index (κ1) is 15.0. The van der Waals surface area contributed by atoms with Gasteiger partial charge in [0.25, 0.3) is 5.91 Å². The van der Waals surface area contributed by atoms with E-state index in [4.69, 9.17) is 11.6 Å². The Bertz CT molecular complexity index is 682. The van der Waals surface area contributed by atoms with Gasteiger partial charge >= 0.3 is 0 Å². The monoisotopic (exact) mass is 320 g/mol. The van der Waals surface area contributed by atoms with Crippen LogP contribution in [-0.2, 0) is 7.05 Å². The average molecular weight is 321 g/mol. The zero-order valence-corrected chi connectivity index (χ0v) is 12.9. The van der Waals surface area contributed by atoms with Gasteiger partial charge in [0, 0.05) is 31.2 Å². The molecule has 0 bridgehead atoms. The van der Waals surface area contributed by atoms with Crippen molar-refractivity contribution in [1.82, 2.24) is 20.1 Å². The van der Waals surface area contributed by atoms with Gasteiger partial charge in [0.15, 0.2) is 0 Å². The number of nitrogens with zero attached hydrogens (tertiary/aromatic N) is 3. The minimum absolute atomic E-state index is 0.177. The molecular formula is C15H17ClN4O2. The summed E-state index contributed by atoms with van der Waals surface area (Å²) < 4.78 is 1.70. The van der Waals surface area contributed by atoms with Crippen LogP contribution in [0.5, 0.6) is 0 Å². The quantitative estimate of drug-likeness (QED) is 0.898.